The van der Waals surface area contributed by atoms with Gasteiger partial charge < -0.3 is 11.1 Å². The molecule has 0 fully saturated rings. The predicted octanol–water partition coefficient (Wildman–Crippen LogP) is 4.20. The average molecular weight is 345 g/mol. The molecule has 0 bridgehead atoms. The highest BCUT2D eigenvalue weighted by atomic mass is 79.9. The number of hydrogen-bond donors (Lipinski definition) is 2. The molecule has 1 atom stereocenters. The Labute approximate surface area is 127 Å². The molecule has 0 aromatic heterocycles. The summed E-state index contributed by atoms with van der Waals surface area (Å²) in [5.74, 6) is 1.02. The van der Waals surface area contributed by atoms with Crippen molar-refractivity contribution < 1.29 is 4.79 Å². The minimum atomic E-state index is -0.0646. The summed E-state index contributed by atoms with van der Waals surface area (Å²) in [6.45, 7) is 6.00. The zero-order chi connectivity index (χ0) is 14.4. The standard InChI is InChI=1S/C14H21BrN2OS/c1-4-5-6-19-10(3)14(18)17-12-8-11(15)7-9(2)13(12)16/h7-8,10H,4-6,16H2,1-3H3,(H,17,18). The number of hydrogen-bond acceptors (Lipinski definition) is 3. The van der Waals surface area contributed by atoms with E-state index in [1.807, 2.05) is 26.0 Å². The summed E-state index contributed by atoms with van der Waals surface area (Å²) < 4.78 is 0.917. The number of carbonyl (C=O) groups is 1. The van der Waals surface area contributed by atoms with Crippen LogP contribution in [0.1, 0.15) is 32.3 Å². The highest BCUT2D eigenvalue weighted by Gasteiger charge is 2.15. The molecule has 3 N–H and O–H groups in total. The fourth-order valence-corrected chi connectivity index (χ4v) is 3.16. The van der Waals surface area contributed by atoms with Crippen molar-refractivity contribution in [2.75, 3.05) is 16.8 Å². The molecule has 0 heterocycles. The molecule has 5 heteroatoms. The van der Waals surface area contributed by atoms with Crippen LogP contribution in [0, 0.1) is 6.92 Å². The van der Waals surface area contributed by atoms with Gasteiger partial charge in [0.2, 0.25) is 5.91 Å². The lowest BCUT2D eigenvalue weighted by Gasteiger charge is -2.14. The molecule has 0 aliphatic rings. The molecule has 1 aromatic carbocycles. The minimum Gasteiger partial charge on any atom is -0.397 e. The van der Waals surface area contributed by atoms with Gasteiger partial charge in [0, 0.05) is 4.47 Å². The Balaban J connectivity index is 2.66. The van der Waals surface area contributed by atoms with Crippen molar-refractivity contribution >= 4 is 45.0 Å². The molecule has 1 unspecified atom stereocenters. The van der Waals surface area contributed by atoms with E-state index in [9.17, 15) is 4.79 Å². The van der Waals surface area contributed by atoms with E-state index in [-0.39, 0.29) is 11.2 Å². The van der Waals surface area contributed by atoms with Gasteiger partial charge >= 0.3 is 0 Å². The van der Waals surface area contributed by atoms with Crippen LogP contribution < -0.4 is 11.1 Å². The topological polar surface area (TPSA) is 55.1 Å². The molecule has 0 aliphatic carbocycles. The van der Waals surface area contributed by atoms with E-state index in [0.717, 1.165) is 28.6 Å². The second kappa shape index (κ2) is 7.80. The molecule has 19 heavy (non-hydrogen) atoms. The first-order valence-electron chi connectivity index (χ1n) is 6.43. The molecule has 1 rings (SSSR count). The molecule has 0 aliphatic heterocycles. The number of halogens is 1. The first-order valence-corrected chi connectivity index (χ1v) is 8.28. The van der Waals surface area contributed by atoms with Crippen LogP contribution in [-0.2, 0) is 4.79 Å². The number of nitrogens with two attached hydrogens (primary N) is 1. The van der Waals surface area contributed by atoms with Crippen molar-refractivity contribution in [2.45, 2.75) is 38.9 Å². The SMILES string of the molecule is CCCCSC(C)C(=O)Nc1cc(Br)cc(C)c1N. The van der Waals surface area contributed by atoms with Crippen LogP contribution in [0.4, 0.5) is 11.4 Å². The molecule has 0 radical (unpaired) electrons. The number of anilines is 2. The van der Waals surface area contributed by atoms with Gasteiger partial charge in [-0.3, -0.25) is 4.79 Å². The third-order valence-electron chi connectivity index (χ3n) is 2.84. The van der Waals surface area contributed by atoms with Crippen molar-refractivity contribution in [1.82, 2.24) is 0 Å². The lowest BCUT2D eigenvalue weighted by atomic mass is 10.1. The molecular formula is C14H21BrN2OS. The highest BCUT2D eigenvalue weighted by Crippen LogP contribution is 2.28. The number of amides is 1. The smallest absolute Gasteiger partial charge is 0.237 e. The number of rotatable bonds is 6. The van der Waals surface area contributed by atoms with Gasteiger partial charge in [0.15, 0.2) is 0 Å². The molecule has 0 spiro atoms. The molecular weight excluding hydrogens is 324 g/mol. The quantitative estimate of drug-likeness (QED) is 0.600. The Morgan fingerprint density at radius 3 is 2.84 bits per heavy atom. The third kappa shape index (κ3) is 5.07. The minimum absolute atomic E-state index is 0.00491. The van der Waals surface area contributed by atoms with E-state index in [1.165, 1.54) is 0 Å². The third-order valence-corrected chi connectivity index (χ3v) is 4.54. The first kappa shape index (κ1) is 16.4. The van der Waals surface area contributed by atoms with Gasteiger partial charge in [0.1, 0.15) is 0 Å². The zero-order valence-electron chi connectivity index (χ0n) is 11.6. The average Bonchev–Trinajstić information content (AvgIpc) is 2.35. The summed E-state index contributed by atoms with van der Waals surface area (Å²) in [6.07, 6.45) is 2.29. The molecule has 0 saturated heterocycles. The summed E-state index contributed by atoms with van der Waals surface area (Å²) in [6, 6.07) is 3.77. The maximum Gasteiger partial charge on any atom is 0.237 e. The van der Waals surface area contributed by atoms with E-state index in [4.69, 9.17) is 5.73 Å². The number of unbranched alkanes of at least 4 members (excludes halogenated alkanes) is 1. The molecule has 0 saturated carbocycles. The van der Waals surface area contributed by atoms with E-state index in [2.05, 4.69) is 28.2 Å². The number of nitrogen functional groups attached to an aromatic ring is 1. The Kier molecular flexibility index (Phi) is 6.72. The van der Waals surface area contributed by atoms with Gasteiger partial charge in [-0.05, 0) is 43.7 Å². The number of carbonyl (C=O) groups excluding carboxylic acids is 1. The maximum atomic E-state index is 12.1. The van der Waals surface area contributed by atoms with Crippen LogP contribution >= 0.6 is 27.7 Å². The monoisotopic (exact) mass is 344 g/mol. The van der Waals surface area contributed by atoms with Gasteiger partial charge in [-0.2, -0.15) is 0 Å². The second-order valence-electron chi connectivity index (χ2n) is 4.54. The summed E-state index contributed by atoms with van der Waals surface area (Å²) in [5, 5.41) is 2.84. The molecule has 1 aromatic rings. The summed E-state index contributed by atoms with van der Waals surface area (Å²) in [7, 11) is 0. The van der Waals surface area contributed by atoms with Gasteiger partial charge in [0.05, 0.1) is 16.6 Å². The fraction of sp³-hybridized carbons (Fsp3) is 0.500. The first-order chi connectivity index (χ1) is 8.95. The van der Waals surface area contributed by atoms with Crippen molar-refractivity contribution in [3.05, 3.63) is 22.2 Å². The lowest BCUT2D eigenvalue weighted by molar-refractivity contribution is -0.115. The lowest BCUT2D eigenvalue weighted by Crippen LogP contribution is -2.23. The van der Waals surface area contributed by atoms with Gasteiger partial charge in [-0.15, -0.1) is 11.8 Å². The van der Waals surface area contributed by atoms with Crippen molar-refractivity contribution in [3.8, 4) is 0 Å². The van der Waals surface area contributed by atoms with Gasteiger partial charge in [-0.25, -0.2) is 0 Å². The maximum absolute atomic E-state index is 12.1. The molecule has 1 amide bonds. The Hall–Kier alpha value is -0.680. The Bertz CT molecular complexity index is 451. The van der Waals surface area contributed by atoms with Crippen LogP contribution in [0.5, 0.6) is 0 Å². The largest absolute Gasteiger partial charge is 0.397 e. The van der Waals surface area contributed by atoms with Gasteiger partial charge in [-0.1, -0.05) is 29.3 Å². The number of aryl methyl sites for hydroxylation is 1. The van der Waals surface area contributed by atoms with Crippen molar-refractivity contribution in [2.24, 2.45) is 0 Å². The number of benzene rings is 1. The fourth-order valence-electron chi connectivity index (χ4n) is 1.57. The van der Waals surface area contributed by atoms with Crippen LogP contribution in [0.2, 0.25) is 0 Å². The van der Waals surface area contributed by atoms with Crippen LogP contribution in [0.15, 0.2) is 16.6 Å². The van der Waals surface area contributed by atoms with Gasteiger partial charge in [0.25, 0.3) is 0 Å². The molecule has 3 nitrogen and oxygen atoms in total. The van der Waals surface area contributed by atoms with Crippen LogP contribution in [0.25, 0.3) is 0 Å². The van der Waals surface area contributed by atoms with E-state index in [1.54, 1.807) is 11.8 Å². The second-order valence-corrected chi connectivity index (χ2v) is 6.90. The summed E-state index contributed by atoms with van der Waals surface area (Å²) in [4.78, 5) is 12.1. The number of nitrogens with one attached hydrogen (secondary N) is 1. The zero-order valence-corrected chi connectivity index (χ0v) is 14.0. The van der Waals surface area contributed by atoms with E-state index < -0.39 is 0 Å². The highest BCUT2D eigenvalue weighted by molar-refractivity contribution is 9.10. The Morgan fingerprint density at radius 1 is 1.53 bits per heavy atom. The molecule has 106 valence electrons. The van der Waals surface area contributed by atoms with Crippen LogP contribution in [0.3, 0.4) is 0 Å². The predicted molar refractivity (Wildman–Crippen MR) is 88.7 cm³/mol. The summed E-state index contributed by atoms with van der Waals surface area (Å²) >= 11 is 5.09. The van der Waals surface area contributed by atoms with E-state index >= 15 is 0 Å². The summed E-state index contributed by atoms with van der Waals surface area (Å²) in [5.41, 5.74) is 8.24. The van der Waals surface area contributed by atoms with E-state index in [0.29, 0.717) is 11.4 Å². The van der Waals surface area contributed by atoms with Crippen molar-refractivity contribution in [3.63, 3.8) is 0 Å². The number of thioether (sulfide) groups is 1. The normalized spacial score (nSPS) is 12.2. The Morgan fingerprint density at radius 2 is 2.21 bits per heavy atom. The van der Waals surface area contributed by atoms with Crippen molar-refractivity contribution in [1.29, 1.82) is 0 Å². The van der Waals surface area contributed by atoms with Crippen LogP contribution in [-0.4, -0.2) is 16.9 Å².